The summed E-state index contributed by atoms with van der Waals surface area (Å²) >= 11 is 0. The maximum atomic E-state index is 10.4. The molecule has 122 valence electrons. The summed E-state index contributed by atoms with van der Waals surface area (Å²) in [6, 6.07) is 17.9. The number of ether oxygens (including phenoxy) is 1. The molecule has 4 heteroatoms. The molecule has 1 fully saturated rings. The molecular weight excluding hydrogens is 290 g/mol. The smallest absolute Gasteiger partial charge is 0.118 e. The van der Waals surface area contributed by atoms with Crippen molar-refractivity contribution in [2.75, 3.05) is 13.7 Å². The van der Waals surface area contributed by atoms with Crippen molar-refractivity contribution in [2.45, 2.75) is 31.2 Å². The fourth-order valence-electron chi connectivity index (χ4n) is 3.21. The summed E-state index contributed by atoms with van der Waals surface area (Å²) in [6.45, 7) is 1.23. The van der Waals surface area contributed by atoms with Gasteiger partial charge in [-0.25, -0.2) is 0 Å². The lowest BCUT2D eigenvalue weighted by Crippen LogP contribution is -2.37. The van der Waals surface area contributed by atoms with E-state index in [1.54, 1.807) is 7.11 Å². The minimum atomic E-state index is -0.721. The van der Waals surface area contributed by atoms with Crippen LogP contribution >= 0.6 is 0 Å². The Labute approximate surface area is 136 Å². The monoisotopic (exact) mass is 313 g/mol. The molecule has 1 saturated heterocycles. The topological polar surface area (TPSA) is 52.9 Å². The highest BCUT2D eigenvalue weighted by molar-refractivity contribution is 5.28. The maximum absolute atomic E-state index is 10.4. The van der Waals surface area contributed by atoms with Crippen molar-refractivity contribution in [1.82, 2.24) is 4.90 Å². The second-order valence-corrected chi connectivity index (χ2v) is 6.09. The molecule has 1 aliphatic rings. The molecule has 2 N–H and O–H groups in total. The predicted octanol–water partition coefficient (Wildman–Crippen LogP) is 1.84. The van der Waals surface area contributed by atoms with Crippen LogP contribution in [0.5, 0.6) is 5.75 Å². The average Bonchev–Trinajstić information content (AvgIpc) is 2.84. The third-order valence-electron chi connectivity index (χ3n) is 4.51. The average molecular weight is 313 g/mol. The van der Waals surface area contributed by atoms with Crippen LogP contribution in [-0.4, -0.2) is 47.0 Å². The van der Waals surface area contributed by atoms with Gasteiger partial charge in [-0.05, 0) is 29.7 Å². The van der Waals surface area contributed by atoms with Crippen molar-refractivity contribution in [3.8, 4) is 5.75 Å². The van der Waals surface area contributed by atoms with Gasteiger partial charge in [0, 0.05) is 19.1 Å². The number of rotatable bonds is 5. The molecule has 0 amide bonds. The van der Waals surface area contributed by atoms with Crippen molar-refractivity contribution < 1.29 is 14.9 Å². The molecular formula is C19H23NO3. The SMILES string of the molecule is COc1ccc(C[C@@H]2[C@H](O)[C@@H](O)CN2Cc2ccccc2)cc1. The first-order valence-corrected chi connectivity index (χ1v) is 7.94. The van der Waals surface area contributed by atoms with E-state index < -0.39 is 12.2 Å². The van der Waals surface area contributed by atoms with Crippen LogP contribution in [0.4, 0.5) is 0 Å². The zero-order valence-corrected chi connectivity index (χ0v) is 13.3. The molecule has 0 saturated carbocycles. The van der Waals surface area contributed by atoms with Crippen LogP contribution in [0.2, 0.25) is 0 Å². The molecule has 2 aromatic carbocycles. The van der Waals surface area contributed by atoms with Gasteiger partial charge in [-0.1, -0.05) is 42.5 Å². The standard InChI is InChI=1S/C19H23NO3/c1-23-16-9-7-14(8-10-16)11-17-19(22)18(21)13-20(17)12-15-5-3-2-4-6-15/h2-10,17-19,21-22H,11-13H2,1H3/t17-,18+,19+/m1/s1. The first-order valence-electron chi connectivity index (χ1n) is 7.94. The van der Waals surface area contributed by atoms with Crippen LogP contribution in [0.1, 0.15) is 11.1 Å². The number of aliphatic hydroxyl groups excluding tert-OH is 2. The minimum Gasteiger partial charge on any atom is -0.497 e. The fourth-order valence-corrected chi connectivity index (χ4v) is 3.21. The Morgan fingerprint density at radius 1 is 1.00 bits per heavy atom. The molecule has 1 heterocycles. The number of hydrogen-bond donors (Lipinski definition) is 2. The normalized spacial score (nSPS) is 24.7. The van der Waals surface area contributed by atoms with Gasteiger partial charge in [0.05, 0.1) is 19.3 Å². The summed E-state index contributed by atoms with van der Waals surface area (Å²) in [5.41, 5.74) is 2.32. The number of likely N-dealkylation sites (tertiary alicyclic amines) is 1. The van der Waals surface area contributed by atoms with E-state index in [2.05, 4.69) is 17.0 Å². The van der Waals surface area contributed by atoms with Gasteiger partial charge >= 0.3 is 0 Å². The van der Waals surface area contributed by atoms with Gasteiger partial charge in [-0.2, -0.15) is 0 Å². The van der Waals surface area contributed by atoms with E-state index in [0.29, 0.717) is 13.0 Å². The summed E-state index contributed by atoms with van der Waals surface area (Å²) in [7, 11) is 1.65. The molecule has 0 aliphatic carbocycles. The van der Waals surface area contributed by atoms with Crippen molar-refractivity contribution >= 4 is 0 Å². The first kappa shape index (κ1) is 16.0. The minimum absolute atomic E-state index is 0.0846. The lowest BCUT2D eigenvalue weighted by molar-refractivity contribution is 0.0374. The van der Waals surface area contributed by atoms with Gasteiger partial charge in [0.2, 0.25) is 0 Å². The van der Waals surface area contributed by atoms with Crippen LogP contribution in [0.15, 0.2) is 54.6 Å². The molecule has 23 heavy (non-hydrogen) atoms. The van der Waals surface area contributed by atoms with Crippen molar-refractivity contribution in [2.24, 2.45) is 0 Å². The van der Waals surface area contributed by atoms with Crippen LogP contribution in [-0.2, 0) is 13.0 Å². The lowest BCUT2D eigenvalue weighted by Gasteiger charge is -2.26. The van der Waals surface area contributed by atoms with E-state index >= 15 is 0 Å². The second kappa shape index (κ2) is 7.13. The maximum Gasteiger partial charge on any atom is 0.118 e. The zero-order chi connectivity index (χ0) is 16.2. The Morgan fingerprint density at radius 2 is 1.70 bits per heavy atom. The molecule has 0 bridgehead atoms. The number of methoxy groups -OCH3 is 1. The summed E-state index contributed by atoms with van der Waals surface area (Å²) in [5.74, 6) is 0.821. The van der Waals surface area contributed by atoms with E-state index in [1.807, 2.05) is 42.5 Å². The summed E-state index contributed by atoms with van der Waals surface area (Å²) in [4.78, 5) is 2.16. The molecule has 0 spiro atoms. The van der Waals surface area contributed by atoms with E-state index in [9.17, 15) is 10.2 Å². The third kappa shape index (κ3) is 3.72. The van der Waals surface area contributed by atoms with Crippen LogP contribution < -0.4 is 4.74 Å². The van der Waals surface area contributed by atoms with Gasteiger partial charge in [0.15, 0.2) is 0 Å². The summed E-state index contributed by atoms with van der Waals surface area (Å²) in [6.07, 6.45) is -0.711. The van der Waals surface area contributed by atoms with Crippen LogP contribution in [0.3, 0.4) is 0 Å². The number of β-amino-alcohol motifs (C(OH)–C–C–N with tert-alkyl or cyclic N) is 1. The molecule has 0 aromatic heterocycles. The van der Waals surface area contributed by atoms with E-state index in [-0.39, 0.29) is 6.04 Å². The number of nitrogens with zero attached hydrogens (tertiary/aromatic N) is 1. The van der Waals surface area contributed by atoms with Gasteiger partial charge in [-0.15, -0.1) is 0 Å². The quantitative estimate of drug-likeness (QED) is 0.884. The summed E-state index contributed by atoms with van der Waals surface area (Å²) < 4.78 is 5.18. The van der Waals surface area contributed by atoms with Crippen molar-refractivity contribution in [3.05, 3.63) is 65.7 Å². The molecule has 0 unspecified atom stereocenters. The van der Waals surface area contributed by atoms with Crippen molar-refractivity contribution in [1.29, 1.82) is 0 Å². The largest absolute Gasteiger partial charge is 0.497 e. The Bertz CT molecular complexity index is 614. The van der Waals surface area contributed by atoms with Crippen LogP contribution in [0.25, 0.3) is 0 Å². The Kier molecular flexibility index (Phi) is 4.96. The Hall–Kier alpha value is -1.88. The van der Waals surface area contributed by atoms with Gasteiger partial charge < -0.3 is 14.9 Å². The van der Waals surface area contributed by atoms with E-state index in [1.165, 1.54) is 5.56 Å². The molecule has 1 aliphatic heterocycles. The molecule has 2 aromatic rings. The van der Waals surface area contributed by atoms with Gasteiger partial charge in [-0.3, -0.25) is 4.90 Å². The highest BCUT2D eigenvalue weighted by Gasteiger charge is 2.39. The Balaban J connectivity index is 1.73. The van der Waals surface area contributed by atoms with E-state index in [4.69, 9.17) is 4.74 Å². The molecule has 4 nitrogen and oxygen atoms in total. The van der Waals surface area contributed by atoms with Crippen LogP contribution in [0, 0.1) is 0 Å². The number of aliphatic hydroxyl groups is 2. The highest BCUT2D eigenvalue weighted by Crippen LogP contribution is 2.25. The first-order chi connectivity index (χ1) is 11.2. The number of benzene rings is 2. The van der Waals surface area contributed by atoms with Crippen molar-refractivity contribution in [3.63, 3.8) is 0 Å². The van der Waals surface area contributed by atoms with E-state index in [0.717, 1.165) is 17.9 Å². The second-order valence-electron chi connectivity index (χ2n) is 6.09. The molecule has 0 radical (unpaired) electrons. The van der Waals surface area contributed by atoms with Gasteiger partial charge in [0.25, 0.3) is 0 Å². The molecule has 3 atom stereocenters. The van der Waals surface area contributed by atoms with Gasteiger partial charge in [0.1, 0.15) is 5.75 Å². The predicted molar refractivity (Wildman–Crippen MR) is 89.4 cm³/mol. The Morgan fingerprint density at radius 3 is 2.35 bits per heavy atom. The summed E-state index contributed by atoms with van der Waals surface area (Å²) in [5, 5.41) is 20.4. The third-order valence-corrected chi connectivity index (χ3v) is 4.51. The fraction of sp³-hybridized carbons (Fsp3) is 0.368. The lowest BCUT2D eigenvalue weighted by atomic mass is 10.0. The molecule has 3 rings (SSSR count). The zero-order valence-electron chi connectivity index (χ0n) is 13.3. The highest BCUT2D eigenvalue weighted by atomic mass is 16.5. The number of hydrogen-bond acceptors (Lipinski definition) is 4.